The Bertz CT molecular complexity index is 1080. The number of imide groups is 1. The molecular weight excluding hydrogens is 442 g/mol. The Kier molecular flexibility index (Phi) is 6.88. The third-order valence-corrected chi connectivity index (χ3v) is 6.56. The number of para-hydroxylation sites is 1. The number of rotatable bonds is 6. The molecule has 2 heterocycles. The highest BCUT2D eigenvalue weighted by molar-refractivity contribution is 8.18. The lowest BCUT2D eigenvalue weighted by atomic mass is 10.1. The summed E-state index contributed by atoms with van der Waals surface area (Å²) in [4.78, 5) is 43.4. The van der Waals surface area contributed by atoms with Crippen LogP contribution in [0.4, 0.5) is 10.5 Å². The SMILES string of the molecule is COc1ccc(C=C2SC(=O)N(CC(=O)N3CCN(c4ccccc4)CC3)C2=O)c(OC)c1. The van der Waals surface area contributed by atoms with Gasteiger partial charge in [-0.2, -0.15) is 0 Å². The van der Waals surface area contributed by atoms with Gasteiger partial charge in [-0.05, 0) is 42.1 Å². The van der Waals surface area contributed by atoms with Crippen LogP contribution in [0.3, 0.4) is 0 Å². The van der Waals surface area contributed by atoms with Crippen LogP contribution in [-0.2, 0) is 9.59 Å². The molecule has 2 aromatic carbocycles. The minimum absolute atomic E-state index is 0.228. The first-order valence-electron chi connectivity index (χ1n) is 10.6. The van der Waals surface area contributed by atoms with Crippen LogP contribution in [0.2, 0.25) is 0 Å². The fourth-order valence-electron chi connectivity index (χ4n) is 3.80. The molecule has 0 spiro atoms. The Balaban J connectivity index is 1.39. The van der Waals surface area contributed by atoms with Gasteiger partial charge in [0.2, 0.25) is 5.91 Å². The molecule has 0 radical (unpaired) electrons. The van der Waals surface area contributed by atoms with E-state index in [1.54, 1.807) is 36.3 Å². The smallest absolute Gasteiger partial charge is 0.294 e. The van der Waals surface area contributed by atoms with Crippen LogP contribution < -0.4 is 14.4 Å². The lowest BCUT2D eigenvalue weighted by molar-refractivity contribution is -0.136. The molecule has 2 saturated heterocycles. The summed E-state index contributed by atoms with van der Waals surface area (Å²) in [6.45, 7) is 2.24. The quantitative estimate of drug-likeness (QED) is 0.604. The van der Waals surface area contributed by atoms with Crippen molar-refractivity contribution >= 4 is 40.6 Å². The number of nitrogens with zero attached hydrogens (tertiary/aromatic N) is 3. The Labute approximate surface area is 196 Å². The molecule has 0 saturated carbocycles. The van der Waals surface area contributed by atoms with Crippen molar-refractivity contribution in [2.24, 2.45) is 0 Å². The van der Waals surface area contributed by atoms with E-state index in [9.17, 15) is 14.4 Å². The number of amides is 3. The van der Waals surface area contributed by atoms with Gasteiger partial charge in [0, 0.05) is 43.5 Å². The van der Waals surface area contributed by atoms with Crippen LogP contribution in [-0.4, -0.2) is 73.8 Å². The van der Waals surface area contributed by atoms with Crippen molar-refractivity contribution < 1.29 is 23.9 Å². The topological polar surface area (TPSA) is 79.4 Å². The fraction of sp³-hybridized carbons (Fsp3) is 0.292. The van der Waals surface area contributed by atoms with E-state index in [0.29, 0.717) is 43.2 Å². The summed E-state index contributed by atoms with van der Waals surface area (Å²) in [5.74, 6) is 0.441. The van der Waals surface area contributed by atoms with E-state index in [4.69, 9.17) is 9.47 Å². The van der Waals surface area contributed by atoms with Gasteiger partial charge in [-0.3, -0.25) is 19.3 Å². The molecule has 3 amide bonds. The molecule has 2 aliphatic heterocycles. The fourth-order valence-corrected chi connectivity index (χ4v) is 4.63. The van der Waals surface area contributed by atoms with E-state index in [0.717, 1.165) is 22.3 Å². The zero-order valence-corrected chi connectivity index (χ0v) is 19.3. The standard InChI is InChI=1S/C24H25N3O5S/c1-31-19-9-8-17(20(15-19)32-2)14-21-23(29)27(24(30)33-21)16-22(28)26-12-10-25(11-13-26)18-6-4-3-5-7-18/h3-9,14-15H,10-13,16H2,1-2H3. The summed E-state index contributed by atoms with van der Waals surface area (Å²) in [5, 5.41) is -0.449. The summed E-state index contributed by atoms with van der Waals surface area (Å²) >= 11 is 0.825. The molecule has 0 N–H and O–H groups in total. The summed E-state index contributed by atoms with van der Waals surface area (Å²) in [6.07, 6.45) is 1.60. The first-order chi connectivity index (χ1) is 16.0. The van der Waals surface area contributed by atoms with E-state index >= 15 is 0 Å². The van der Waals surface area contributed by atoms with Crippen molar-refractivity contribution in [3.8, 4) is 11.5 Å². The normalized spacial score (nSPS) is 17.6. The third kappa shape index (κ3) is 4.98. The average molecular weight is 468 g/mol. The van der Waals surface area contributed by atoms with Crippen molar-refractivity contribution in [1.82, 2.24) is 9.80 Å². The van der Waals surface area contributed by atoms with Gasteiger partial charge in [0.1, 0.15) is 18.0 Å². The second-order valence-corrected chi connectivity index (χ2v) is 8.57. The molecule has 0 aromatic heterocycles. The molecule has 4 rings (SSSR count). The summed E-state index contributed by atoms with van der Waals surface area (Å²) in [6, 6.07) is 15.2. The molecule has 2 aliphatic rings. The second kappa shape index (κ2) is 9.99. The van der Waals surface area contributed by atoms with Crippen LogP contribution in [0.25, 0.3) is 6.08 Å². The maximum absolute atomic E-state index is 12.9. The monoisotopic (exact) mass is 467 g/mol. The number of carbonyl (C=O) groups is 3. The number of anilines is 1. The molecule has 8 nitrogen and oxygen atoms in total. The number of hydrogen-bond donors (Lipinski definition) is 0. The summed E-state index contributed by atoms with van der Waals surface area (Å²) < 4.78 is 10.6. The molecule has 0 aliphatic carbocycles. The van der Waals surface area contributed by atoms with Crippen molar-refractivity contribution in [1.29, 1.82) is 0 Å². The van der Waals surface area contributed by atoms with Gasteiger partial charge in [0.15, 0.2) is 0 Å². The van der Waals surface area contributed by atoms with Crippen LogP contribution >= 0.6 is 11.8 Å². The highest BCUT2D eigenvalue weighted by atomic mass is 32.2. The Morgan fingerprint density at radius 3 is 2.39 bits per heavy atom. The van der Waals surface area contributed by atoms with Gasteiger partial charge in [0.05, 0.1) is 19.1 Å². The number of thioether (sulfide) groups is 1. The van der Waals surface area contributed by atoms with Gasteiger partial charge in [-0.25, -0.2) is 0 Å². The number of benzene rings is 2. The molecule has 33 heavy (non-hydrogen) atoms. The number of piperazine rings is 1. The van der Waals surface area contributed by atoms with Gasteiger partial charge >= 0.3 is 0 Å². The van der Waals surface area contributed by atoms with E-state index < -0.39 is 11.1 Å². The maximum atomic E-state index is 12.9. The van der Waals surface area contributed by atoms with E-state index in [-0.39, 0.29) is 17.4 Å². The molecular formula is C24H25N3O5S. The highest BCUT2D eigenvalue weighted by Gasteiger charge is 2.37. The van der Waals surface area contributed by atoms with Crippen molar-refractivity contribution in [3.05, 3.63) is 59.0 Å². The minimum Gasteiger partial charge on any atom is -0.497 e. The average Bonchev–Trinajstić information content (AvgIpc) is 3.12. The predicted octanol–water partition coefficient (Wildman–Crippen LogP) is 3.09. The van der Waals surface area contributed by atoms with E-state index in [1.165, 1.54) is 7.11 Å². The highest BCUT2D eigenvalue weighted by Crippen LogP contribution is 2.35. The molecule has 2 fully saturated rings. The third-order valence-electron chi connectivity index (χ3n) is 5.65. The first kappa shape index (κ1) is 22.7. The molecule has 9 heteroatoms. The number of hydrogen-bond acceptors (Lipinski definition) is 7. The van der Waals surface area contributed by atoms with Crippen LogP contribution in [0.1, 0.15) is 5.56 Å². The van der Waals surface area contributed by atoms with Crippen molar-refractivity contribution in [3.63, 3.8) is 0 Å². The maximum Gasteiger partial charge on any atom is 0.294 e. The van der Waals surface area contributed by atoms with Gasteiger partial charge in [-0.15, -0.1) is 0 Å². The first-order valence-corrected chi connectivity index (χ1v) is 11.4. The lowest BCUT2D eigenvalue weighted by Gasteiger charge is -2.36. The summed E-state index contributed by atoms with van der Waals surface area (Å²) in [7, 11) is 3.08. The van der Waals surface area contributed by atoms with Crippen LogP contribution in [0, 0.1) is 0 Å². The molecule has 0 unspecified atom stereocenters. The lowest BCUT2D eigenvalue weighted by Crippen LogP contribution is -2.51. The van der Waals surface area contributed by atoms with Crippen molar-refractivity contribution in [2.45, 2.75) is 0 Å². The van der Waals surface area contributed by atoms with Gasteiger partial charge in [-0.1, -0.05) is 18.2 Å². The van der Waals surface area contributed by atoms with Crippen LogP contribution in [0.5, 0.6) is 11.5 Å². The Morgan fingerprint density at radius 2 is 1.73 bits per heavy atom. The molecule has 0 atom stereocenters. The predicted molar refractivity (Wildman–Crippen MR) is 127 cm³/mol. The zero-order valence-electron chi connectivity index (χ0n) is 18.5. The van der Waals surface area contributed by atoms with E-state index in [2.05, 4.69) is 4.90 Å². The molecule has 0 bridgehead atoms. The van der Waals surface area contributed by atoms with Gasteiger partial charge in [0.25, 0.3) is 11.1 Å². The van der Waals surface area contributed by atoms with Crippen LogP contribution in [0.15, 0.2) is 53.4 Å². The number of methoxy groups -OCH3 is 2. The van der Waals surface area contributed by atoms with Crippen molar-refractivity contribution in [2.75, 3.05) is 51.8 Å². The number of ether oxygens (including phenoxy) is 2. The molecule has 172 valence electrons. The Hall–Kier alpha value is -3.46. The largest absolute Gasteiger partial charge is 0.497 e. The second-order valence-electron chi connectivity index (χ2n) is 7.58. The number of carbonyl (C=O) groups excluding carboxylic acids is 3. The summed E-state index contributed by atoms with van der Waals surface area (Å²) in [5.41, 5.74) is 1.77. The zero-order chi connectivity index (χ0) is 23.4. The molecule has 2 aromatic rings. The minimum atomic E-state index is -0.473. The Morgan fingerprint density at radius 1 is 1.00 bits per heavy atom. The van der Waals surface area contributed by atoms with E-state index in [1.807, 2.05) is 30.3 Å². The van der Waals surface area contributed by atoms with Gasteiger partial charge < -0.3 is 19.3 Å².